The number of carbonyl (C=O) groups excluding carboxylic acids is 2. The second kappa shape index (κ2) is 8.85. The summed E-state index contributed by atoms with van der Waals surface area (Å²) in [7, 11) is 1.81. The Balaban J connectivity index is 2.72. The van der Waals surface area contributed by atoms with Crippen molar-refractivity contribution in [2.45, 2.75) is 65.7 Å². The first-order chi connectivity index (χ1) is 11.2. The number of nitrogens with zero attached hydrogens (tertiary/aromatic N) is 3. The van der Waals surface area contributed by atoms with E-state index >= 15 is 0 Å². The van der Waals surface area contributed by atoms with Crippen molar-refractivity contribution in [1.82, 2.24) is 14.7 Å². The number of carbonyl (C=O) groups is 2. The van der Waals surface area contributed by atoms with Crippen molar-refractivity contribution >= 4 is 17.6 Å². The Morgan fingerprint density at radius 1 is 1.25 bits per heavy atom. The minimum Gasteiger partial charge on any atom is -0.333 e. The van der Waals surface area contributed by atoms with Crippen LogP contribution in [-0.2, 0) is 22.1 Å². The SMILES string of the molecule is CCCCC(=O)N(CCC)CC(=O)Nc1cc(C(C)(C)C)nn1C. The first kappa shape index (κ1) is 20.2. The van der Waals surface area contributed by atoms with Gasteiger partial charge in [-0.15, -0.1) is 0 Å². The van der Waals surface area contributed by atoms with Gasteiger partial charge in [-0.3, -0.25) is 14.3 Å². The van der Waals surface area contributed by atoms with E-state index in [2.05, 4.69) is 38.1 Å². The molecule has 6 nitrogen and oxygen atoms in total. The molecule has 1 aromatic rings. The van der Waals surface area contributed by atoms with Crippen molar-refractivity contribution in [3.05, 3.63) is 11.8 Å². The molecule has 0 spiro atoms. The summed E-state index contributed by atoms with van der Waals surface area (Å²) in [6, 6.07) is 1.89. The van der Waals surface area contributed by atoms with Gasteiger partial charge >= 0.3 is 0 Å². The van der Waals surface area contributed by atoms with E-state index < -0.39 is 0 Å². The van der Waals surface area contributed by atoms with Gasteiger partial charge in [0.15, 0.2) is 0 Å². The number of hydrogen-bond acceptors (Lipinski definition) is 3. The van der Waals surface area contributed by atoms with E-state index in [9.17, 15) is 9.59 Å². The number of aryl methyl sites for hydroxylation is 1. The molecular weight excluding hydrogens is 304 g/mol. The van der Waals surface area contributed by atoms with Gasteiger partial charge < -0.3 is 10.2 Å². The topological polar surface area (TPSA) is 67.2 Å². The monoisotopic (exact) mass is 336 g/mol. The summed E-state index contributed by atoms with van der Waals surface area (Å²) in [4.78, 5) is 26.2. The molecule has 1 heterocycles. The van der Waals surface area contributed by atoms with E-state index in [1.54, 1.807) is 16.6 Å². The molecule has 0 aliphatic heterocycles. The lowest BCUT2D eigenvalue weighted by molar-refractivity contribution is -0.134. The number of hydrogen-bond donors (Lipinski definition) is 1. The van der Waals surface area contributed by atoms with Crippen molar-refractivity contribution in [3.63, 3.8) is 0 Å². The minimum atomic E-state index is -0.184. The van der Waals surface area contributed by atoms with Crippen molar-refractivity contribution in [3.8, 4) is 0 Å². The smallest absolute Gasteiger partial charge is 0.245 e. The van der Waals surface area contributed by atoms with Crippen molar-refractivity contribution in [2.75, 3.05) is 18.4 Å². The van der Waals surface area contributed by atoms with Gasteiger partial charge in [-0.25, -0.2) is 0 Å². The number of rotatable bonds is 8. The molecule has 0 aromatic carbocycles. The number of aromatic nitrogens is 2. The van der Waals surface area contributed by atoms with E-state index in [4.69, 9.17) is 0 Å². The van der Waals surface area contributed by atoms with Crippen LogP contribution in [0.15, 0.2) is 6.07 Å². The molecule has 0 atom stereocenters. The Labute approximate surface area is 145 Å². The van der Waals surface area contributed by atoms with Gasteiger partial charge in [-0.05, 0) is 12.8 Å². The van der Waals surface area contributed by atoms with E-state index in [0.717, 1.165) is 25.0 Å². The predicted molar refractivity (Wildman–Crippen MR) is 96.9 cm³/mol. The highest BCUT2D eigenvalue weighted by Gasteiger charge is 2.21. The zero-order chi connectivity index (χ0) is 18.3. The first-order valence-electron chi connectivity index (χ1n) is 8.81. The van der Waals surface area contributed by atoms with Crippen LogP contribution in [0.4, 0.5) is 5.82 Å². The number of unbranched alkanes of at least 4 members (excludes halogenated alkanes) is 1. The number of nitrogens with one attached hydrogen (secondary N) is 1. The van der Waals surface area contributed by atoms with Crippen LogP contribution in [0.5, 0.6) is 0 Å². The standard InChI is InChI=1S/C18H32N4O2/c1-7-9-10-17(24)22(11-8-2)13-16(23)19-15-12-14(18(3,4)5)20-21(15)6/h12H,7-11,13H2,1-6H3,(H,19,23). The van der Waals surface area contributed by atoms with E-state index in [-0.39, 0.29) is 23.8 Å². The molecule has 0 saturated heterocycles. The molecule has 0 unspecified atom stereocenters. The molecule has 0 radical (unpaired) electrons. The van der Waals surface area contributed by atoms with Crippen molar-refractivity contribution < 1.29 is 9.59 Å². The molecule has 0 aliphatic carbocycles. The van der Waals surface area contributed by atoms with E-state index in [1.165, 1.54) is 0 Å². The largest absolute Gasteiger partial charge is 0.333 e. The molecule has 0 bridgehead atoms. The lowest BCUT2D eigenvalue weighted by atomic mass is 9.92. The number of anilines is 1. The molecule has 1 rings (SSSR count). The lowest BCUT2D eigenvalue weighted by Crippen LogP contribution is -2.38. The third-order valence-electron chi connectivity index (χ3n) is 3.84. The van der Waals surface area contributed by atoms with Crippen molar-refractivity contribution in [2.24, 2.45) is 7.05 Å². The second-order valence-electron chi connectivity index (χ2n) is 7.26. The fraction of sp³-hybridized carbons (Fsp3) is 0.722. The number of amides is 2. The highest BCUT2D eigenvalue weighted by molar-refractivity contribution is 5.94. The zero-order valence-corrected chi connectivity index (χ0v) is 16.0. The van der Waals surface area contributed by atoms with Gasteiger partial charge in [0.2, 0.25) is 11.8 Å². The van der Waals surface area contributed by atoms with Crippen LogP contribution in [0, 0.1) is 0 Å². The van der Waals surface area contributed by atoms with Crippen LogP contribution in [0.1, 0.15) is 66.0 Å². The molecule has 1 N–H and O–H groups in total. The Morgan fingerprint density at radius 3 is 2.42 bits per heavy atom. The third-order valence-corrected chi connectivity index (χ3v) is 3.84. The average Bonchev–Trinajstić information content (AvgIpc) is 2.85. The van der Waals surface area contributed by atoms with E-state index in [0.29, 0.717) is 18.8 Å². The molecule has 0 fully saturated rings. The molecular formula is C18H32N4O2. The fourth-order valence-electron chi connectivity index (χ4n) is 2.35. The normalized spacial score (nSPS) is 11.4. The first-order valence-corrected chi connectivity index (χ1v) is 8.81. The van der Waals surface area contributed by atoms with Crippen LogP contribution in [-0.4, -0.2) is 39.6 Å². The summed E-state index contributed by atoms with van der Waals surface area (Å²) < 4.78 is 1.67. The maximum atomic E-state index is 12.3. The van der Waals surface area contributed by atoms with Gasteiger partial charge in [0.1, 0.15) is 5.82 Å². The Morgan fingerprint density at radius 2 is 1.92 bits per heavy atom. The Bertz CT molecular complexity index is 558. The summed E-state index contributed by atoms with van der Waals surface area (Å²) in [6.45, 7) is 11.0. The van der Waals surface area contributed by atoms with Crippen LogP contribution >= 0.6 is 0 Å². The van der Waals surface area contributed by atoms with Gasteiger partial charge in [0.25, 0.3) is 0 Å². The molecule has 0 saturated carbocycles. The molecule has 0 aliphatic rings. The molecule has 2 amide bonds. The van der Waals surface area contributed by atoms with Crippen LogP contribution in [0.2, 0.25) is 0 Å². The van der Waals surface area contributed by atoms with Crippen LogP contribution in [0.25, 0.3) is 0 Å². The van der Waals surface area contributed by atoms with Gasteiger partial charge in [-0.1, -0.05) is 41.0 Å². The maximum Gasteiger partial charge on any atom is 0.245 e. The summed E-state index contributed by atoms with van der Waals surface area (Å²) >= 11 is 0. The fourth-order valence-corrected chi connectivity index (χ4v) is 2.35. The lowest BCUT2D eigenvalue weighted by Gasteiger charge is -2.21. The summed E-state index contributed by atoms with van der Waals surface area (Å²) in [5.74, 6) is 0.522. The molecule has 1 aromatic heterocycles. The van der Waals surface area contributed by atoms with Crippen molar-refractivity contribution in [1.29, 1.82) is 0 Å². The van der Waals surface area contributed by atoms with Gasteiger partial charge in [-0.2, -0.15) is 5.10 Å². The predicted octanol–water partition coefficient (Wildman–Crippen LogP) is 3.08. The second-order valence-corrected chi connectivity index (χ2v) is 7.26. The Kier molecular flexibility index (Phi) is 7.45. The van der Waals surface area contributed by atoms with Gasteiger partial charge in [0, 0.05) is 31.5 Å². The van der Waals surface area contributed by atoms with Crippen LogP contribution < -0.4 is 5.32 Å². The quantitative estimate of drug-likeness (QED) is 0.793. The summed E-state index contributed by atoms with van der Waals surface area (Å²) in [5.41, 5.74) is 0.843. The third kappa shape index (κ3) is 5.98. The summed E-state index contributed by atoms with van der Waals surface area (Å²) in [5, 5.41) is 7.32. The van der Waals surface area contributed by atoms with E-state index in [1.807, 2.05) is 13.0 Å². The summed E-state index contributed by atoms with van der Waals surface area (Å²) in [6.07, 6.45) is 3.18. The minimum absolute atomic E-state index is 0.0502. The average molecular weight is 336 g/mol. The van der Waals surface area contributed by atoms with Crippen LogP contribution in [0.3, 0.4) is 0 Å². The Hall–Kier alpha value is -1.85. The molecule has 136 valence electrons. The highest BCUT2D eigenvalue weighted by atomic mass is 16.2. The molecule has 6 heteroatoms. The maximum absolute atomic E-state index is 12.3. The molecule has 24 heavy (non-hydrogen) atoms. The zero-order valence-electron chi connectivity index (χ0n) is 16.0. The highest BCUT2D eigenvalue weighted by Crippen LogP contribution is 2.23. The van der Waals surface area contributed by atoms with Gasteiger partial charge in [0.05, 0.1) is 12.2 Å².